The van der Waals surface area contributed by atoms with Gasteiger partial charge in [-0.2, -0.15) is 0 Å². The first-order valence-corrected chi connectivity index (χ1v) is 4.28. The van der Waals surface area contributed by atoms with Gasteiger partial charge in [-0.1, -0.05) is 18.2 Å². The molecule has 1 aliphatic rings. The Morgan fingerprint density at radius 2 is 2.29 bits per heavy atom. The summed E-state index contributed by atoms with van der Waals surface area (Å²) in [5, 5.41) is 0. The molecule has 1 heterocycles. The number of carbonyl (C=O) groups excluding carboxylic acids is 1. The highest BCUT2D eigenvalue weighted by Gasteiger charge is 2.17. The van der Waals surface area contributed by atoms with Crippen LogP contribution >= 0.6 is 0 Å². The highest BCUT2D eigenvalue weighted by Crippen LogP contribution is 2.23. The minimum atomic E-state index is -0.386. The van der Waals surface area contributed by atoms with E-state index in [-0.39, 0.29) is 6.09 Å². The van der Waals surface area contributed by atoms with E-state index in [1.54, 1.807) is 0 Å². The molecule has 0 saturated heterocycles. The van der Waals surface area contributed by atoms with Gasteiger partial charge in [-0.3, -0.25) is 4.90 Å². The zero-order valence-corrected chi connectivity index (χ0v) is 7.80. The summed E-state index contributed by atoms with van der Waals surface area (Å²) in [6.07, 6.45) is 1.11. The van der Waals surface area contributed by atoms with Gasteiger partial charge in [-0.15, -0.1) is 0 Å². The number of rotatable bonds is 0. The molecule has 0 radical (unpaired) electrons. The van der Waals surface area contributed by atoms with Gasteiger partial charge in [-0.05, 0) is 11.6 Å². The number of amides is 1. The summed E-state index contributed by atoms with van der Waals surface area (Å²) >= 11 is 0. The molecule has 1 amide bonds. The summed E-state index contributed by atoms with van der Waals surface area (Å²) in [7, 11) is 1.36. The Morgan fingerprint density at radius 3 is 3.07 bits per heavy atom. The fourth-order valence-electron chi connectivity index (χ4n) is 1.36. The standard InChI is InChI=1S/C10H10N2O2/c1-14-10(13)12-6-8-4-2-3-5-9(8)11-7-12/h2-5,7H,6H2,1H3. The van der Waals surface area contributed by atoms with Crippen molar-refractivity contribution in [1.82, 2.24) is 4.90 Å². The zero-order valence-electron chi connectivity index (χ0n) is 7.80. The molecule has 72 valence electrons. The first kappa shape index (κ1) is 8.74. The van der Waals surface area contributed by atoms with Gasteiger partial charge in [0.2, 0.25) is 0 Å². The van der Waals surface area contributed by atoms with E-state index in [2.05, 4.69) is 9.73 Å². The molecule has 0 unspecified atom stereocenters. The van der Waals surface area contributed by atoms with E-state index in [1.165, 1.54) is 18.3 Å². The van der Waals surface area contributed by atoms with Gasteiger partial charge >= 0.3 is 6.09 Å². The fourth-order valence-corrected chi connectivity index (χ4v) is 1.36. The topological polar surface area (TPSA) is 41.9 Å². The number of nitrogens with zero attached hydrogens (tertiary/aromatic N) is 2. The normalized spacial score (nSPS) is 13.6. The largest absolute Gasteiger partial charge is 0.452 e. The van der Waals surface area contributed by atoms with Gasteiger partial charge in [0.1, 0.15) is 6.34 Å². The molecule has 4 heteroatoms. The first-order valence-electron chi connectivity index (χ1n) is 4.28. The van der Waals surface area contributed by atoms with Crippen LogP contribution in [-0.4, -0.2) is 24.4 Å². The van der Waals surface area contributed by atoms with Crippen LogP contribution in [-0.2, 0) is 11.3 Å². The van der Waals surface area contributed by atoms with Crippen LogP contribution in [0.1, 0.15) is 5.56 Å². The maximum Gasteiger partial charge on any atom is 0.415 e. The number of hydrogen-bond acceptors (Lipinski definition) is 3. The molecule has 0 atom stereocenters. The molecule has 1 aliphatic heterocycles. The van der Waals surface area contributed by atoms with Crippen molar-refractivity contribution in [2.75, 3.05) is 7.11 Å². The van der Waals surface area contributed by atoms with Crippen LogP contribution in [0.4, 0.5) is 10.5 Å². The second-order valence-electron chi connectivity index (χ2n) is 2.97. The molecule has 0 spiro atoms. The number of para-hydroxylation sites is 1. The molecule has 0 bridgehead atoms. The number of carbonyl (C=O) groups is 1. The Balaban J connectivity index is 2.25. The predicted molar refractivity (Wildman–Crippen MR) is 52.5 cm³/mol. The molecule has 2 rings (SSSR count). The molecule has 1 aromatic carbocycles. The number of methoxy groups -OCH3 is 1. The summed E-state index contributed by atoms with van der Waals surface area (Å²) in [6.45, 7) is 0.520. The first-order chi connectivity index (χ1) is 6.81. The smallest absolute Gasteiger partial charge is 0.415 e. The summed E-state index contributed by atoms with van der Waals surface area (Å²) in [5.74, 6) is 0. The van der Waals surface area contributed by atoms with Crippen molar-refractivity contribution in [3.63, 3.8) is 0 Å². The molecule has 0 saturated carbocycles. The molecule has 14 heavy (non-hydrogen) atoms. The SMILES string of the molecule is COC(=O)N1C=Nc2ccccc2C1. The van der Waals surface area contributed by atoms with Crippen LogP contribution in [0.15, 0.2) is 29.3 Å². The molecule has 0 N–H and O–H groups in total. The zero-order chi connectivity index (χ0) is 9.97. The predicted octanol–water partition coefficient (Wildman–Crippen LogP) is 1.93. The highest BCUT2D eigenvalue weighted by molar-refractivity contribution is 5.85. The lowest BCUT2D eigenvalue weighted by Crippen LogP contribution is -2.30. The molecule has 4 nitrogen and oxygen atoms in total. The quantitative estimate of drug-likeness (QED) is 0.627. The second-order valence-corrected chi connectivity index (χ2v) is 2.97. The number of fused-ring (bicyclic) bond motifs is 1. The van der Waals surface area contributed by atoms with Crippen LogP contribution in [0.2, 0.25) is 0 Å². The van der Waals surface area contributed by atoms with Crippen molar-refractivity contribution in [3.05, 3.63) is 29.8 Å². The van der Waals surface area contributed by atoms with Gasteiger partial charge in [0.05, 0.1) is 19.3 Å². The number of benzene rings is 1. The number of ether oxygens (including phenoxy) is 1. The molecular formula is C10H10N2O2. The van der Waals surface area contributed by atoms with Crippen molar-refractivity contribution in [2.24, 2.45) is 4.99 Å². The minimum Gasteiger partial charge on any atom is -0.452 e. The third-order valence-corrected chi connectivity index (χ3v) is 2.08. The van der Waals surface area contributed by atoms with Gasteiger partial charge in [0.15, 0.2) is 0 Å². The maximum absolute atomic E-state index is 11.2. The molecule has 0 aromatic heterocycles. The van der Waals surface area contributed by atoms with Gasteiger partial charge in [0.25, 0.3) is 0 Å². The van der Waals surface area contributed by atoms with Gasteiger partial charge < -0.3 is 4.74 Å². The Labute approximate surface area is 81.8 Å². The lowest BCUT2D eigenvalue weighted by molar-refractivity contribution is 0.145. The molecular weight excluding hydrogens is 180 g/mol. The Kier molecular flexibility index (Phi) is 2.18. The van der Waals surface area contributed by atoms with Crippen molar-refractivity contribution >= 4 is 18.1 Å². The highest BCUT2D eigenvalue weighted by atomic mass is 16.5. The summed E-state index contributed by atoms with van der Waals surface area (Å²) in [6, 6.07) is 7.71. The van der Waals surface area contributed by atoms with Gasteiger partial charge in [0, 0.05) is 0 Å². The van der Waals surface area contributed by atoms with Crippen molar-refractivity contribution in [2.45, 2.75) is 6.54 Å². The molecule has 1 aromatic rings. The average molecular weight is 190 g/mol. The van der Waals surface area contributed by atoms with Crippen LogP contribution in [0.25, 0.3) is 0 Å². The third-order valence-electron chi connectivity index (χ3n) is 2.08. The van der Waals surface area contributed by atoms with Gasteiger partial charge in [-0.25, -0.2) is 9.79 Å². The number of aliphatic imine (C=N–C) groups is 1. The third kappa shape index (κ3) is 1.46. The van der Waals surface area contributed by atoms with E-state index < -0.39 is 0 Å². The van der Waals surface area contributed by atoms with E-state index in [1.807, 2.05) is 24.3 Å². The summed E-state index contributed by atoms with van der Waals surface area (Å²) in [4.78, 5) is 16.8. The van der Waals surface area contributed by atoms with Crippen molar-refractivity contribution in [1.29, 1.82) is 0 Å². The van der Waals surface area contributed by atoms with Crippen molar-refractivity contribution in [3.8, 4) is 0 Å². The number of hydrogen-bond donors (Lipinski definition) is 0. The van der Waals surface area contributed by atoms with E-state index in [4.69, 9.17) is 0 Å². The minimum absolute atomic E-state index is 0.386. The van der Waals surface area contributed by atoms with Crippen LogP contribution in [0.5, 0.6) is 0 Å². The summed E-state index contributed by atoms with van der Waals surface area (Å²) in [5.41, 5.74) is 1.94. The second kappa shape index (κ2) is 3.49. The van der Waals surface area contributed by atoms with E-state index >= 15 is 0 Å². The van der Waals surface area contributed by atoms with E-state index in [0.717, 1.165) is 11.3 Å². The van der Waals surface area contributed by atoms with Crippen LogP contribution in [0.3, 0.4) is 0 Å². The van der Waals surface area contributed by atoms with E-state index in [9.17, 15) is 4.79 Å². The van der Waals surface area contributed by atoms with Crippen LogP contribution < -0.4 is 0 Å². The fraction of sp³-hybridized carbons (Fsp3) is 0.200. The molecule has 0 aliphatic carbocycles. The lowest BCUT2D eigenvalue weighted by Gasteiger charge is -2.20. The Hall–Kier alpha value is -1.84. The Morgan fingerprint density at radius 1 is 1.50 bits per heavy atom. The molecule has 0 fully saturated rings. The summed E-state index contributed by atoms with van der Waals surface area (Å²) < 4.78 is 4.60. The lowest BCUT2D eigenvalue weighted by atomic mass is 10.1. The van der Waals surface area contributed by atoms with E-state index in [0.29, 0.717) is 6.54 Å². The Bertz CT molecular complexity index is 387. The van der Waals surface area contributed by atoms with Crippen LogP contribution in [0, 0.1) is 0 Å². The van der Waals surface area contributed by atoms with Crippen molar-refractivity contribution < 1.29 is 9.53 Å². The maximum atomic E-state index is 11.2. The average Bonchev–Trinajstić information content (AvgIpc) is 2.27. The monoisotopic (exact) mass is 190 g/mol.